The third-order valence-electron chi connectivity index (χ3n) is 3.65. The zero-order valence-electron chi connectivity index (χ0n) is 11.9. The molecule has 2 heterocycles. The molecule has 2 aromatic rings. The van der Waals surface area contributed by atoms with Crippen molar-refractivity contribution in [2.75, 3.05) is 18.4 Å². The maximum atomic E-state index is 12.1. The number of nitrogens with one attached hydrogen (secondary N) is 2. The lowest BCUT2D eigenvalue weighted by atomic mass is 9.98. The summed E-state index contributed by atoms with van der Waals surface area (Å²) in [6.45, 7) is 4.02. The summed E-state index contributed by atoms with van der Waals surface area (Å²) in [5, 5.41) is 6.68. The van der Waals surface area contributed by atoms with Gasteiger partial charge in [-0.15, -0.1) is 0 Å². The smallest absolute Gasteiger partial charge is 0.257 e. The van der Waals surface area contributed by atoms with Gasteiger partial charge in [0, 0.05) is 17.1 Å². The molecule has 0 radical (unpaired) electrons. The van der Waals surface area contributed by atoms with Crippen molar-refractivity contribution in [3.63, 3.8) is 0 Å². The largest absolute Gasteiger partial charge is 0.316 e. The van der Waals surface area contributed by atoms with Crippen LogP contribution in [0.1, 0.15) is 28.2 Å². The molecule has 1 saturated heterocycles. The van der Waals surface area contributed by atoms with Crippen molar-refractivity contribution in [2.24, 2.45) is 5.92 Å². The van der Waals surface area contributed by atoms with Crippen molar-refractivity contribution in [3.05, 3.63) is 41.2 Å². The molecule has 0 saturated carbocycles. The van der Waals surface area contributed by atoms with Gasteiger partial charge in [-0.25, -0.2) is 4.98 Å². The van der Waals surface area contributed by atoms with E-state index in [0.29, 0.717) is 22.4 Å². The van der Waals surface area contributed by atoms with Gasteiger partial charge in [0.25, 0.3) is 5.91 Å². The number of amides is 1. The molecule has 6 heteroatoms. The second-order valence-electron chi connectivity index (χ2n) is 5.36. The Morgan fingerprint density at radius 3 is 2.86 bits per heavy atom. The van der Waals surface area contributed by atoms with Gasteiger partial charge in [-0.05, 0) is 56.5 Å². The van der Waals surface area contributed by atoms with Gasteiger partial charge in [0.05, 0.1) is 0 Å². The van der Waals surface area contributed by atoms with Crippen LogP contribution in [-0.4, -0.2) is 28.4 Å². The van der Waals surface area contributed by atoms with Gasteiger partial charge >= 0.3 is 0 Å². The highest BCUT2D eigenvalue weighted by atomic mass is 32.1. The van der Waals surface area contributed by atoms with Gasteiger partial charge in [0.2, 0.25) is 5.13 Å². The second kappa shape index (κ2) is 6.32. The number of anilines is 1. The molecule has 1 atom stereocenters. The number of hydrogen-bond acceptors (Lipinski definition) is 5. The van der Waals surface area contributed by atoms with Crippen LogP contribution in [0.25, 0.3) is 0 Å². The lowest BCUT2D eigenvalue weighted by Crippen LogP contribution is -2.12. The summed E-state index contributed by atoms with van der Waals surface area (Å²) in [5.41, 5.74) is 1.93. The van der Waals surface area contributed by atoms with Crippen molar-refractivity contribution in [1.29, 1.82) is 0 Å². The monoisotopic (exact) mass is 302 g/mol. The van der Waals surface area contributed by atoms with E-state index in [0.717, 1.165) is 19.5 Å². The first kappa shape index (κ1) is 14.2. The number of carbonyl (C=O) groups excluding carboxylic acids is 1. The molecule has 1 aliphatic heterocycles. The third kappa shape index (κ3) is 3.65. The Bertz CT molecular complexity index is 617. The molecule has 1 aliphatic rings. The third-order valence-corrected chi connectivity index (χ3v) is 4.37. The SMILES string of the molecule is Cc1nsc(NC(=O)c2ccc(CC3CCNC3)cc2)n1. The molecule has 1 amide bonds. The normalized spacial score (nSPS) is 17.9. The lowest BCUT2D eigenvalue weighted by Gasteiger charge is -2.08. The summed E-state index contributed by atoms with van der Waals surface area (Å²) in [7, 11) is 0. The van der Waals surface area contributed by atoms with Crippen LogP contribution in [0.15, 0.2) is 24.3 Å². The van der Waals surface area contributed by atoms with Gasteiger partial charge in [0.15, 0.2) is 0 Å². The van der Waals surface area contributed by atoms with E-state index < -0.39 is 0 Å². The van der Waals surface area contributed by atoms with E-state index >= 15 is 0 Å². The molecule has 2 N–H and O–H groups in total. The van der Waals surface area contributed by atoms with E-state index in [-0.39, 0.29) is 5.91 Å². The molecule has 5 nitrogen and oxygen atoms in total. The molecule has 1 aromatic heterocycles. The number of nitrogens with zero attached hydrogens (tertiary/aromatic N) is 2. The van der Waals surface area contributed by atoms with Gasteiger partial charge in [0.1, 0.15) is 5.82 Å². The van der Waals surface area contributed by atoms with Crippen molar-refractivity contribution >= 4 is 22.6 Å². The van der Waals surface area contributed by atoms with Crippen LogP contribution >= 0.6 is 11.5 Å². The van der Waals surface area contributed by atoms with Gasteiger partial charge in [-0.2, -0.15) is 4.37 Å². The predicted molar refractivity (Wildman–Crippen MR) is 83.7 cm³/mol. The average molecular weight is 302 g/mol. The molecular formula is C15H18N4OS. The zero-order chi connectivity index (χ0) is 14.7. The van der Waals surface area contributed by atoms with E-state index in [1.807, 2.05) is 24.3 Å². The molecule has 110 valence electrons. The predicted octanol–water partition coefficient (Wildman–Crippen LogP) is 2.25. The summed E-state index contributed by atoms with van der Waals surface area (Å²) >= 11 is 1.20. The van der Waals surface area contributed by atoms with Crippen LogP contribution < -0.4 is 10.6 Å². The van der Waals surface area contributed by atoms with Crippen LogP contribution in [0.2, 0.25) is 0 Å². The van der Waals surface area contributed by atoms with Crippen molar-refractivity contribution in [2.45, 2.75) is 19.8 Å². The summed E-state index contributed by atoms with van der Waals surface area (Å²) in [4.78, 5) is 16.2. The van der Waals surface area contributed by atoms with E-state index in [1.54, 1.807) is 6.92 Å². The topological polar surface area (TPSA) is 66.9 Å². The summed E-state index contributed by atoms with van der Waals surface area (Å²) < 4.78 is 4.04. The zero-order valence-corrected chi connectivity index (χ0v) is 12.7. The van der Waals surface area contributed by atoms with Crippen LogP contribution in [-0.2, 0) is 6.42 Å². The fourth-order valence-corrected chi connectivity index (χ4v) is 3.10. The Kier molecular flexibility index (Phi) is 4.26. The van der Waals surface area contributed by atoms with Crippen molar-refractivity contribution < 1.29 is 4.79 Å². The average Bonchev–Trinajstić information content (AvgIpc) is 3.12. The molecule has 21 heavy (non-hydrogen) atoms. The standard InChI is InChI=1S/C15H18N4OS/c1-10-17-15(21-19-10)18-14(20)13-4-2-11(3-5-13)8-12-6-7-16-9-12/h2-5,12,16H,6-9H2,1H3,(H,17,18,19,20). The minimum Gasteiger partial charge on any atom is -0.316 e. The fraction of sp³-hybridized carbons (Fsp3) is 0.400. The Morgan fingerprint density at radius 1 is 1.43 bits per heavy atom. The van der Waals surface area contributed by atoms with Crippen LogP contribution in [0.3, 0.4) is 0 Å². The van der Waals surface area contributed by atoms with E-state index in [4.69, 9.17) is 0 Å². The first-order valence-corrected chi connectivity index (χ1v) is 7.89. The van der Waals surface area contributed by atoms with Gasteiger partial charge in [-0.1, -0.05) is 12.1 Å². The molecule has 0 bridgehead atoms. The Balaban J connectivity index is 1.61. The number of rotatable bonds is 4. The lowest BCUT2D eigenvalue weighted by molar-refractivity contribution is 0.102. The number of aryl methyl sites for hydroxylation is 1. The number of benzene rings is 1. The van der Waals surface area contributed by atoms with Gasteiger partial charge in [-0.3, -0.25) is 10.1 Å². The van der Waals surface area contributed by atoms with E-state index in [9.17, 15) is 4.79 Å². The van der Waals surface area contributed by atoms with E-state index in [1.165, 1.54) is 23.5 Å². The summed E-state index contributed by atoms with van der Waals surface area (Å²) in [6.07, 6.45) is 2.31. The fourth-order valence-electron chi connectivity index (χ4n) is 2.53. The molecular weight excluding hydrogens is 284 g/mol. The molecule has 1 fully saturated rings. The molecule has 0 aliphatic carbocycles. The maximum absolute atomic E-state index is 12.1. The van der Waals surface area contributed by atoms with Gasteiger partial charge < -0.3 is 5.32 Å². The summed E-state index contributed by atoms with van der Waals surface area (Å²) in [6, 6.07) is 7.83. The maximum Gasteiger partial charge on any atom is 0.257 e. The van der Waals surface area contributed by atoms with Crippen molar-refractivity contribution in [1.82, 2.24) is 14.7 Å². The molecule has 3 rings (SSSR count). The molecule has 0 spiro atoms. The second-order valence-corrected chi connectivity index (χ2v) is 6.11. The minimum absolute atomic E-state index is 0.139. The highest BCUT2D eigenvalue weighted by molar-refractivity contribution is 7.09. The molecule has 1 aromatic carbocycles. The number of aromatic nitrogens is 2. The first-order valence-electron chi connectivity index (χ1n) is 7.12. The van der Waals surface area contributed by atoms with Crippen LogP contribution in [0, 0.1) is 12.8 Å². The quantitative estimate of drug-likeness (QED) is 0.909. The van der Waals surface area contributed by atoms with Crippen LogP contribution in [0.4, 0.5) is 5.13 Å². The summed E-state index contributed by atoms with van der Waals surface area (Å²) in [5.74, 6) is 1.25. The Hall–Kier alpha value is -1.79. The van der Waals surface area contributed by atoms with Crippen LogP contribution in [0.5, 0.6) is 0 Å². The minimum atomic E-state index is -0.139. The highest BCUT2D eigenvalue weighted by Gasteiger charge is 2.15. The first-order chi connectivity index (χ1) is 10.2. The van der Waals surface area contributed by atoms with Crippen molar-refractivity contribution in [3.8, 4) is 0 Å². The highest BCUT2D eigenvalue weighted by Crippen LogP contribution is 2.17. The number of hydrogen-bond donors (Lipinski definition) is 2. The Morgan fingerprint density at radius 2 is 2.24 bits per heavy atom. The Labute approximate surface area is 128 Å². The number of carbonyl (C=O) groups is 1. The molecule has 1 unspecified atom stereocenters. The van der Waals surface area contributed by atoms with E-state index in [2.05, 4.69) is 20.0 Å².